The Morgan fingerprint density at radius 2 is 2.15 bits per heavy atom. The fourth-order valence-electron chi connectivity index (χ4n) is 1.46. The maximum absolute atomic E-state index is 11.5. The van der Waals surface area contributed by atoms with Gasteiger partial charge < -0.3 is 15.2 Å². The van der Waals surface area contributed by atoms with E-state index in [1.54, 1.807) is 25.1 Å². The van der Waals surface area contributed by atoms with Crippen LogP contribution in [0, 0.1) is 12.8 Å². The Kier molecular flexibility index (Phi) is 6.31. The largest absolute Gasteiger partial charge is 0.484 e. The lowest BCUT2D eigenvalue weighted by Gasteiger charge is -2.09. The first kappa shape index (κ1) is 16.3. The summed E-state index contributed by atoms with van der Waals surface area (Å²) >= 11 is 5.88. The van der Waals surface area contributed by atoms with E-state index in [9.17, 15) is 9.59 Å². The molecule has 110 valence electrons. The number of hydrogen-bond acceptors (Lipinski definition) is 3. The number of carbonyl (C=O) groups excluding carboxylic acids is 1. The van der Waals surface area contributed by atoms with Crippen LogP contribution in [0.15, 0.2) is 18.2 Å². The summed E-state index contributed by atoms with van der Waals surface area (Å²) in [6, 6.07) is 5.15. The Balaban J connectivity index is 2.29. The van der Waals surface area contributed by atoms with Crippen molar-refractivity contribution in [3.05, 3.63) is 28.8 Å². The van der Waals surface area contributed by atoms with Gasteiger partial charge in [0, 0.05) is 11.6 Å². The number of rotatable bonds is 7. The molecule has 0 aromatic heterocycles. The van der Waals surface area contributed by atoms with Gasteiger partial charge in [-0.3, -0.25) is 9.59 Å². The standard InChI is InChI=1S/C14H18ClNO4/c1-9(14(18)19)5-6-16-13(17)8-20-11-3-4-12(15)10(2)7-11/h3-4,7,9H,5-6,8H2,1-2H3,(H,16,17)(H,18,19). The summed E-state index contributed by atoms with van der Waals surface area (Å²) in [5, 5.41) is 12.0. The molecule has 1 unspecified atom stereocenters. The molecule has 1 amide bonds. The second-order valence-corrected chi connectivity index (χ2v) is 4.98. The van der Waals surface area contributed by atoms with Gasteiger partial charge in [0.1, 0.15) is 5.75 Å². The van der Waals surface area contributed by atoms with E-state index in [-0.39, 0.29) is 12.5 Å². The number of amides is 1. The zero-order valence-corrected chi connectivity index (χ0v) is 12.2. The summed E-state index contributed by atoms with van der Waals surface area (Å²) < 4.78 is 5.32. The van der Waals surface area contributed by atoms with Crippen LogP contribution in [0.3, 0.4) is 0 Å². The summed E-state index contributed by atoms with van der Waals surface area (Å²) in [5.74, 6) is -1.06. The molecule has 2 N–H and O–H groups in total. The van der Waals surface area contributed by atoms with Gasteiger partial charge in [-0.15, -0.1) is 0 Å². The van der Waals surface area contributed by atoms with Crippen molar-refractivity contribution in [3.63, 3.8) is 0 Å². The van der Waals surface area contributed by atoms with Crippen molar-refractivity contribution in [2.75, 3.05) is 13.2 Å². The number of carbonyl (C=O) groups is 2. The molecule has 1 aromatic rings. The minimum Gasteiger partial charge on any atom is -0.484 e. The van der Waals surface area contributed by atoms with Crippen molar-refractivity contribution < 1.29 is 19.4 Å². The van der Waals surface area contributed by atoms with Crippen LogP contribution >= 0.6 is 11.6 Å². The van der Waals surface area contributed by atoms with Crippen LogP contribution in [0.25, 0.3) is 0 Å². The van der Waals surface area contributed by atoms with Crippen molar-refractivity contribution in [1.29, 1.82) is 0 Å². The first-order valence-electron chi connectivity index (χ1n) is 6.28. The van der Waals surface area contributed by atoms with E-state index in [2.05, 4.69) is 5.32 Å². The molecule has 0 saturated carbocycles. The molecule has 0 bridgehead atoms. The number of carboxylic acid groups (broad SMARTS) is 1. The molecule has 0 heterocycles. The van der Waals surface area contributed by atoms with E-state index in [0.29, 0.717) is 23.7 Å². The van der Waals surface area contributed by atoms with Crippen molar-refractivity contribution in [1.82, 2.24) is 5.32 Å². The van der Waals surface area contributed by atoms with Gasteiger partial charge in [-0.05, 0) is 37.1 Å². The highest BCUT2D eigenvalue weighted by Crippen LogP contribution is 2.20. The van der Waals surface area contributed by atoms with Gasteiger partial charge in [-0.1, -0.05) is 18.5 Å². The minimum atomic E-state index is -0.868. The molecular weight excluding hydrogens is 282 g/mol. The number of hydrogen-bond donors (Lipinski definition) is 2. The Morgan fingerprint density at radius 3 is 2.75 bits per heavy atom. The summed E-state index contributed by atoms with van der Waals surface area (Å²) in [6.07, 6.45) is 0.390. The monoisotopic (exact) mass is 299 g/mol. The Labute approximate surface area is 122 Å². The molecule has 5 nitrogen and oxygen atoms in total. The number of carboxylic acids is 1. The Hall–Kier alpha value is -1.75. The number of aryl methyl sites for hydroxylation is 1. The molecule has 1 rings (SSSR count). The van der Waals surface area contributed by atoms with E-state index in [4.69, 9.17) is 21.4 Å². The minimum absolute atomic E-state index is 0.109. The first-order chi connectivity index (χ1) is 9.40. The number of benzene rings is 1. The molecule has 0 aliphatic carbocycles. The zero-order valence-electron chi connectivity index (χ0n) is 11.5. The molecular formula is C14H18ClNO4. The topological polar surface area (TPSA) is 75.6 Å². The van der Waals surface area contributed by atoms with Crippen LogP contribution in [0.4, 0.5) is 0 Å². The van der Waals surface area contributed by atoms with E-state index in [0.717, 1.165) is 5.56 Å². The highest BCUT2D eigenvalue weighted by atomic mass is 35.5. The van der Waals surface area contributed by atoms with Gasteiger partial charge in [-0.2, -0.15) is 0 Å². The average molecular weight is 300 g/mol. The molecule has 1 atom stereocenters. The van der Waals surface area contributed by atoms with E-state index < -0.39 is 11.9 Å². The van der Waals surface area contributed by atoms with Gasteiger partial charge in [-0.25, -0.2) is 0 Å². The fourth-order valence-corrected chi connectivity index (χ4v) is 1.58. The average Bonchev–Trinajstić information content (AvgIpc) is 2.40. The van der Waals surface area contributed by atoms with Gasteiger partial charge >= 0.3 is 5.97 Å². The summed E-state index contributed by atoms with van der Waals surface area (Å²) in [4.78, 5) is 22.1. The zero-order chi connectivity index (χ0) is 15.1. The third kappa shape index (κ3) is 5.48. The molecule has 6 heteroatoms. The molecule has 0 spiro atoms. The van der Waals surface area contributed by atoms with Gasteiger partial charge in [0.25, 0.3) is 5.91 Å². The number of halogens is 1. The smallest absolute Gasteiger partial charge is 0.306 e. The second-order valence-electron chi connectivity index (χ2n) is 4.58. The van der Waals surface area contributed by atoms with E-state index >= 15 is 0 Å². The number of ether oxygens (including phenoxy) is 1. The normalized spacial score (nSPS) is 11.8. The van der Waals surface area contributed by atoms with Crippen LogP contribution in [-0.4, -0.2) is 30.1 Å². The molecule has 0 saturated heterocycles. The molecule has 0 fully saturated rings. The quantitative estimate of drug-likeness (QED) is 0.810. The summed E-state index contributed by atoms with van der Waals surface area (Å²) in [6.45, 7) is 3.65. The van der Waals surface area contributed by atoms with Gasteiger partial charge in [0.15, 0.2) is 6.61 Å². The molecule has 0 aliphatic heterocycles. The highest BCUT2D eigenvalue weighted by Gasteiger charge is 2.11. The summed E-state index contributed by atoms with van der Waals surface area (Å²) in [7, 11) is 0. The van der Waals surface area contributed by atoms with Crippen LogP contribution in [0.2, 0.25) is 5.02 Å². The van der Waals surface area contributed by atoms with E-state index in [1.807, 2.05) is 6.92 Å². The van der Waals surface area contributed by atoms with Crippen LogP contribution in [0.5, 0.6) is 5.75 Å². The number of nitrogens with one attached hydrogen (secondary N) is 1. The van der Waals surface area contributed by atoms with Gasteiger partial charge in [0.05, 0.1) is 5.92 Å². The van der Waals surface area contributed by atoms with Crippen molar-refractivity contribution in [2.24, 2.45) is 5.92 Å². The maximum Gasteiger partial charge on any atom is 0.306 e. The Morgan fingerprint density at radius 1 is 1.45 bits per heavy atom. The third-order valence-corrected chi connectivity index (χ3v) is 3.24. The second kappa shape index (κ2) is 7.75. The lowest BCUT2D eigenvalue weighted by Crippen LogP contribution is -2.31. The Bertz CT molecular complexity index is 490. The predicted octanol–water partition coefficient (Wildman–Crippen LogP) is 2.25. The summed E-state index contributed by atoms with van der Waals surface area (Å²) in [5.41, 5.74) is 0.875. The van der Waals surface area contributed by atoms with Crippen molar-refractivity contribution in [3.8, 4) is 5.75 Å². The van der Waals surface area contributed by atoms with Gasteiger partial charge in [0.2, 0.25) is 0 Å². The third-order valence-electron chi connectivity index (χ3n) is 2.82. The molecule has 0 aliphatic rings. The van der Waals surface area contributed by atoms with Crippen LogP contribution in [-0.2, 0) is 9.59 Å². The highest BCUT2D eigenvalue weighted by molar-refractivity contribution is 6.31. The fraction of sp³-hybridized carbons (Fsp3) is 0.429. The number of aliphatic carboxylic acids is 1. The van der Waals surface area contributed by atoms with Crippen LogP contribution < -0.4 is 10.1 Å². The SMILES string of the molecule is Cc1cc(OCC(=O)NCCC(C)C(=O)O)ccc1Cl. The lowest BCUT2D eigenvalue weighted by atomic mass is 10.1. The van der Waals surface area contributed by atoms with Crippen LogP contribution in [0.1, 0.15) is 18.9 Å². The predicted molar refractivity (Wildman–Crippen MR) is 76.1 cm³/mol. The van der Waals surface area contributed by atoms with E-state index in [1.165, 1.54) is 0 Å². The molecule has 0 radical (unpaired) electrons. The van der Waals surface area contributed by atoms with Crippen molar-refractivity contribution in [2.45, 2.75) is 20.3 Å². The van der Waals surface area contributed by atoms with Crippen molar-refractivity contribution >= 4 is 23.5 Å². The molecule has 20 heavy (non-hydrogen) atoms. The first-order valence-corrected chi connectivity index (χ1v) is 6.66. The molecule has 1 aromatic carbocycles. The maximum atomic E-state index is 11.5. The lowest BCUT2D eigenvalue weighted by molar-refractivity contribution is -0.141.